The normalized spacial score (nSPS) is 15.7. The topological polar surface area (TPSA) is 59.7 Å². The average molecular weight is 464 g/mol. The van der Waals surface area contributed by atoms with E-state index < -0.39 is 34.9 Å². The molecule has 0 bridgehead atoms. The predicted molar refractivity (Wildman–Crippen MR) is 114 cm³/mol. The van der Waals surface area contributed by atoms with Crippen LogP contribution in [-0.2, 0) is 22.7 Å². The monoisotopic (exact) mass is 464 g/mol. The van der Waals surface area contributed by atoms with Gasteiger partial charge in [-0.05, 0) is 44.5 Å². The standard InChI is InChI=1S/C23H24F4N4O2/c1-21(2,3)33-20(32)30-12-22(4,5)17-16(30)11-15(10-13-6-8-14(24)9-7-13)31-18(17)28-29-19(31)23(25,26)27/h6-9,11H,10,12H2,1-5H3. The maximum Gasteiger partial charge on any atom is 0.452 e. The molecular weight excluding hydrogens is 440 g/mol. The van der Waals surface area contributed by atoms with E-state index in [1.807, 2.05) is 13.8 Å². The Morgan fingerprint density at radius 3 is 2.33 bits per heavy atom. The highest BCUT2D eigenvalue weighted by Crippen LogP contribution is 2.45. The quantitative estimate of drug-likeness (QED) is 0.469. The van der Waals surface area contributed by atoms with Crippen LogP contribution in [0.2, 0.25) is 0 Å². The summed E-state index contributed by atoms with van der Waals surface area (Å²) in [6.07, 6.45) is -5.28. The van der Waals surface area contributed by atoms with Crippen molar-refractivity contribution in [3.8, 4) is 0 Å². The average Bonchev–Trinajstić information content (AvgIpc) is 3.21. The summed E-state index contributed by atoms with van der Waals surface area (Å²) < 4.78 is 61.3. The van der Waals surface area contributed by atoms with E-state index in [0.29, 0.717) is 16.8 Å². The number of aromatic nitrogens is 3. The first-order valence-corrected chi connectivity index (χ1v) is 10.4. The van der Waals surface area contributed by atoms with E-state index in [0.717, 1.165) is 4.40 Å². The molecule has 3 aromatic rings. The largest absolute Gasteiger partial charge is 0.452 e. The number of ether oxygens (including phenoxy) is 1. The lowest BCUT2D eigenvalue weighted by atomic mass is 9.87. The van der Waals surface area contributed by atoms with Crippen molar-refractivity contribution >= 4 is 17.4 Å². The molecule has 2 aromatic heterocycles. The summed E-state index contributed by atoms with van der Waals surface area (Å²) >= 11 is 0. The molecule has 176 valence electrons. The van der Waals surface area contributed by atoms with Gasteiger partial charge in [0.05, 0.1) is 5.69 Å². The highest BCUT2D eigenvalue weighted by molar-refractivity contribution is 5.93. The smallest absolute Gasteiger partial charge is 0.443 e. The number of hydrogen-bond donors (Lipinski definition) is 0. The fourth-order valence-corrected chi connectivity index (χ4v) is 4.15. The molecule has 1 aromatic carbocycles. The molecule has 0 atom stereocenters. The van der Waals surface area contributed by atoms with Crippen molar-refractivity contribution in [3.63, 3.8) is 0 Å². The Kier molecular flexibility index (Phi) is 5.18. The van der Waals surface area contributed by atoms with Gasteiger partial charge >= 0.3 is 12.3 Å². The summed E-state index contributed by atoms with van der Waals surface area (Å²) in [7, 11) is 0. The van der Waals surface area contributed by atoms with Gasteiger partial charge in [-0.3, -0.25) is 9.30 Å². The molecule has 0 saturated carbocycles. The second-order valence-electron chi connectivity index (χ2n) is 9.83. The molecule has 33 heavy (non-hydrogen) atoms. The Morgan fingerprint density at radius 1 is 1.12 bits per heavy atom. The van der Waals surface area contributed by atoms with Gasteiger partial charge in [0.15, 0.2) is 5.65 Å². The van der Waals surface area contributed by atoms with Crippen molar-refractivity contribution in [2.45, 2.75) is 58.2 Å². The maximum atomic E-state index is 13.8. The van der Waals surface area contributed by atoms with Gasteiger partial charge in [0.25, 0.3) is 0 Å². The second kappa shape index (κ2) is 7.43. The summed E-state index contributed by atoms with van der Waals surface area (Å²) in [6, 6.07) is 7.03. The zero-order valence-corrected chi connectivity index (χ0v) is 18.9. The highest BCUT2D eigenvalue weighted by atomic mass is 19.4. The number of alkyl halides is 3. The van der Waals surface area contributed by atoms with E-state index >= 15 is 0 Å². The van der Waals surface area contributed by atoms with Crippen molar-refractivity contribution in [2.24, 2.45) is 0 Å². The number of nitrogens with zero attached hydrogens (tertiary/aromatic N) is 4. The van der Waals surface area contributed by atoms with Crippen molar-refractivity contribution in [1.82, 2.24) is 14.6 Å². The highest BCUT2D eigenvalue weighted by Gasteiger charge is 2.45. The Morgan fingerprint density at radius 2 is 1.76 bits per heavy atom. The van der Waals surface area contributed by atoms with Gasteiger partial charge in [-0.15, -0.1) is 10.2 Å². The molecule has 0 saturated heterocycles. The van der Waals surface area contributed by atoms with E-state index in [4.69, 9.17) is 4.74 Å². The first-order chi connectivity index (χ1) is 15.2. The first-order valence-electron chi connectivity index (χ1n) is 10.4. The van der Waals surface area contributed by atoms with E-state index in [2.05, 4.69) is 10.2 Å². The molecule has 10 heteroatoms. The van der Waals surface area contributed by atoms with Crippen LogP contribution in [-0.4, -0.2) is 32.8 Å². The third-order valence-electron chi connectivity index (χ3n) is 5.42. The molecule has 1 aliphatic rings. The molecule has 4 rings (SSSR count). The third kappa shape index (κ3) is 4.26. The van der Waals surface area contributed by atoms with Gasteiger partial charge in [0.1, 0.15) is 11.4 Å². The Balaban J connectivity index is 1.94. The molecule has 0 aliphatic carbocycles. The van der Waals surface area contributed by atoms with Crippen LogP contribution in [0.5, 0.6) is 0 Å². The summed E-state index contributed by atoms with van der Waals surface area (Å²) in [5.41, 5.74) is 0.327. The Hall–Kier alpha value is -3.17. The minimum absolute atomic E-state index is 0.0352. The summed E-state index contributed by atoms with van der Waals surface area (Å²) in [5, 5.41) is 7.34. The molecule has 6 nitrogen and oxygen atoms in total. The molecule has 0 radical (unpaired) electrons. The molecule has 0 fully saturated rings. The van der Waals surface area contributed by atoms with Crippen molar-refractivity contribution in [3.05, 3.63) is 58.8 Å². The molecule has 0 unspecified atom stereocenters. The lowest BCUT2D eigenvalue weighted by molar-refractivity contribution is -0.145. The number of rotatable bonds is 2. The fraction of sp³-hybridized carbons (Fsp3) is 0.435. The number of carbonyl (C=O) groups excluding carboxylic acids is 1. The number of carbonyl (C=O) groups is 1. The van der Waals surface area contributed by atoms with E-state index in [-0.39, 0.29) is 24.3 Å². The molecule has 1 aliphatic heterocycles. The van der Waals surface area contributed by atoms with Gasteiger partial charge in [-0.2, -0.15) is 13.2 Å². The second-order valence-corrected chi connectivity index (χ2v) is 9.83. The number of halogens is 4. The summed E-state index contributed by atoms with van der Waals surface area (Å²) in [4.78, 5) is 14.4. The zero-order valence-electron chi connectivity index (χ0n) is 18.9. The van der Waals surface area contributed by atoms with Gasteiger partial charge in [0.2, 0.25) is 5.82 Å². The minimum atomic E-state index is -4.74. The van der Waals surface area contributed by atoms with Gasteiger partial charge in [-0.25, -0.2) is 9.18 Å². The van der Waals surface area contributed by atoms with Crippen molar-refractivity contribution in [1.29, 1.82) is 0 Å². The van der Waals surface area contributed by atoms with Crippen LogP contribution >= 0.6 is 0 Å². The first kappa shape index (κ1) is 23.0. The van der Waals surface area contributed by atoms with Crippen LogP contribution in [0.15, 0.2) is 30.3 Å². The number of hydrogen-bond acceptors (Lipinski definition) is 4. The summed E-state index contributed by atoms with van der Waals surface area (Å²) in [5.74, 6) is -1.60. The SMILES string of the molecule is CC(C)(C)OC(=O)N1CC(C)(C)c2c1cc(Cc1ccc(F)cc1)n1c(C(F)(F)F)nnc21. The zero-order chi connectivity index (χ0) is 24.3. The lowest BCUT2D eigenvalue weighted by Gasteiger charge is -2.26. The molecule has 0 spiro atoms. The van der Waals surface area contributed by atoms with Crippen LogP contribution in [0, 0.1) is 5.82 Å². The predicted octanol–water partition coefficient (Wildman–Crippen LogP) is 5.51. The van der Waals surface area contributed by atoms with Crippen molar-refractivity contribution < 1.29 is 27.1 Å². The number of amides is 1. The van der Waals surface area contributed by atoms with Crippen LogP contribution in [0.4, 0.5) is 28.0 Å². The van der Waals surface area contributed by atoms with Crippen molar-refractivity contribution in [2.75, 3.05) is 11.4 Å². The van der Waals surface area contributed by atoms with Crippen LogP contribution in [0.3, 0.4) is 0 Å². The lowest BCUT2D eigenvalue weighted by Crippen LogP contribution is -2.38. The van der Waals surface area contributed by atoms with Crippen LogP contribution in [0.1, 0.15) is 57.3 Å². The third-order valence-corrected chi connectivity index (χ3v) is 5.42. The molecular formula is C23H24F4N4O2. The Labute approximate surface area is 188 Å². The summed E-state index contributed by atoms with van der Waals surface area (Å²) in [6.45, 7) is 9.09. The maximum absolute atomic E-state index is 13.8. The molecule has 1 amide bonds. The minimum Gasteiger partial charge on any atom is -0.443 e. The van der Waals surface area contributed by atoms with Gasteiger partial charge in [0, 0.05) is 29.6 Å². The van der Waals surface area contributed by atoms with E-state index in [9.17, 15) is 22.4 Å². The van der Waals surface area contributed by atoms with Gasteiger partial charge in [-0.1, -0.05) is 26.0 Å². The van der Waals surface area contributed by atoms with Crippen LogP contribution < -0.4 is 4.90 Å². The fourth-order valence-electron chi connectivity index (χ4n) is 4.15. The molecule has 0 N–H and O–H groups in total. The van der Waals surface area contributed by atoms with E-state index in [1.54, 1.807) is 26.8 Å². The number of anilines is 1. The van der Waals surface area contributed by atoms with E-state index in [1.165, 1.54) is 29.2 Å². The van der Waals surface area contributed by atoms with Crippen LogP contribution in [0.25, 0.3) is 5.65 Å². The number of benzene rings is 1. The number of fused-ring (bicyclic) bond motifs is 3. The number of pyridine rings is 1. The van der Waals surface area contributed by atoms with Gasteiger partial charge < -0.3 is 4.74 Å². The molecule has 3 heterocycles. The Bertz CT molecular complexity index is 1220.